The average molecular weight is 356 g/mol. The number of rotatable bonds is 6. The third kappa shape index (κ3) is 4.04. The van der Waals surface area contributed by atoms with Gasteiger partial charge in [-0.15, -0.1) is 11.3 Å². The Hall–Kier alpha value is -0.910. The number of thiophene rings is 1. The molecule has 2 aromatic rings. The van der Waals surface area contributed by atoms with E-state index in [4.69, 9.17) is 4.74 Å². The van der Waals surface area contributed by atoms with Crippen molar-refractivity contribution in [3.63, 3.8) is 0 Å². The van der Waals surface area contributed by atoms with Gasteiger partial charge in [0.2, 0.25) is 0 Å². The highest BCUT2D eigenvalue weighted by atomic mass is 79.9. The standard InChI is InChI=1S/C15H15BrFNOS/c16-10-5-11(17)7-13(6-10)19-9-15-4-3-14(20-15)8-18-12-1-2-12/h3-7,12,18H,1-2,8-9H2. The number of ether oxygens (including phenoxy) is 1. The Morgan fingerprint density at radius 2 is 2.05 bits per heavy atom. The first-order chi connectivity index (χ1) is 9.69. The van der Waals surface area contributed by atoms with Crippen molar-refractivity contribution in [3.05, 3.63) is 50.4 Å². The van der Waals surface area contributed by atoms with Gasteiger partial charge in [-0.05, 0) is 37.1 Å². The average Bonchev–Trinajstić information content (AvgIpc) is 3.12. The van der Waals surface area contributed by atoms with Gasteiger partial charge in [0, 0.05) is 32.9 Å². The first kappa shape index (κ1) is 14.0. The fourth-order valence-electron chi connectivity index (χ4n) is 1.89. The monoisotopic (exact) mass is 355 g/mol. The number of halogens is 2. The lowest BCUT2D eigenvalue weighted by molar-refractivity contribution is 0.308. The normalized spacial score (nSPS) is 14.5. The molecule has 0 aliphatic heterocycles. The van der Waals surface area contributed by atoms with Crippen molar-refractivity contribution in [2.24, 2.45) is 0 Å². The van der Waals surface area contributed by atoms with Crippen molar-refractivity contribution < 1.29 is 9.13 Å². The van der Waals surface area contributed by atoms with E-state index in [1.54, 1.807) is 17.4 Å². The molecule has 106 valence electrons. The molecule has 1 saturated carbocycles. The highest BCUT2D eigenvalue weighted by molar-refractivity contribution is 9.10. The van der Waals surface area contributed by atoms with Crippen LogP contribution in [0.2, 0.25) is 0 Å². The lowest BCUT2D eigenvalue weighted by Gasteiger charge is -2.05. The zero-order chi connectivity index (χ0) is 13.9. The minimum Gasteiger partial charge on any atom is -0.488 e. The van der Waals surface area contributed by atoms with E-state index in [-0.39, 0.29) is 5.82 Å². The maximum absolute atomic E-state index is 13.2. The second kappa shape index (κ2) is 6.24. The van der Waals surface area contributed by atoms with Gasteiger partial charge in [-0.1, -0.05) is 15.9 Å². The molecule has 0 saturated heterocycles. The lowest BCUT2D eigenvalue weighted by atomic mass is 10.3. The Morgan fingerprint density at radius 3 is 2.80 bits per heavy atom. The van der Waals surface area contributed by atoms with Crippen LogP contribution in [0, 0.1) is 5.82 Å². The van der Waals surface area contributed by atoms with E-state index in [2.05, 4.69) is 33.4 Å². The Labute approximate surface area is 130 Å². The summed E-state index contributed by atoms with van der Waals surface area (Å²) in [5, 5.41) is 3.49. The van der Waals surface area contributed by atoms with Crippen molar-refractivity contribution in [2.45, 2.75) is 32.0 Å². The SMILES string of the molecule is Fc1cc(Br)cc(OCc2ccc(CNC3CC3)s2)c1. The molecule has 0 unspecified atom stereocenters. The molecule has 2 nitrogen and oxygen atoms in total. The second-order valence-corrected chi connectivity index (χ2v) is 7.09. The van der Waals surface area contributed by atoms with Gasteiger partial charge in [0.1, 0.15) is 18.2 Å². The molecule has 0 radical (unpaired) electrons. The van der Waals surface area contributed by atoms with E-state index >= 15 is 0 Å². The Balaban J connectivity index is 1.54. The lowest BCUT2D eigenvalue weighted by Crippen LogP contribution is -2.14. The largest absolute Gasteiger partial charge is 0.488 e. The molecule has 0 atom stereocenters. The van der Waals surface area contributed by atoms with Gasteiger partial charge in [-0.2, -0.15) is 0 Å². The van der Waals surface area contributed by atoms with Crippen LogP contribution >= 0.6 is 27.3 Å². The van der Waals surface area contributed by atoms with Crippen LogP contribution in [0.25, 0.3) is 0 Å². The van der Waals surface area contributed by atoms with Crippen LogP contribution in [0.1, 0.15) is 22.6 Å². The predicted molar refractivity (Wildman–Crippen MR) is 82.6 cm³/mol. The highest BCUT2D eigenvalue weighted by Crippen LogP contribution is 2.24. The van der Waals surface area contributed by atoms with Crippen molar-refractivity contribution in [1.29, 1.82) is 0 Å². The van der Waals surface area contributed by atoms with E-state index in [0.717, 1.165) is 17.5 Å². The van der Waals surface area contributed by atoms with Crippen LogP contribution < -0.4 is 10.1 Å². The topological polar surface area (TPSA) is 21.3 Å². The van der Waals surface area contributed by atoms with E-state index in [1.165, 1.54) is 29.9 Å². The smallest absolute Gasteiger partial charge is 0.128 e. The van der Waals surface area contributed by atoms with Gasteiger partial charge in [0.15, 0.2) is 0 Å². The molecule has 1 aliphatic carbocycles. The molecule has 20 heavy (non-hydrogen) atoms. The Morgan fingerprint density at radius 1 is 1.25 bits per heavy atom. The van der Waals surface area contributed by atoms with E-state index in [9.17, 15) is 4.39 Å². The summed E-state index contributed by atoms with van der Waals surface area (Å²) in [6.45, 7) is 1.41. The third-order valence-corrected chi connectivity index (χ3v) is 4.59. The molecule has 0 bridgehead atoms. The van der Waals surface area contributed by atoms with Gasteiger partial charge < -0.3 is 10.1 Å². The van der Waals surface area contributed by atoms with Gasteiger partial charge in [0.25, 0.3) is 0 Å². The zero-order valence-electron chi connectivity index (χ0n) is 10.9. The summed E-state index contributed by atoms with van der Waals surface area (Å²) >= 11 is 4.99. The molecule has 1 fully saturated rings. The molecule has 1 aromatic carbocycles. The molecule has 3 rings (SSSR count). The number of benzene rings is 1. The number of hydrogen-bond donors (Lipinski definition) is 1. The van der Waals surface area contributed by atoms with Crippen LogP contribution in [0.3, 0.4) is 0 Å². The van der Waals surface area contributed by atoms with E-state index in [1.807, 2.05) is 0 Å². The first-order valence-corrected chi connectivity index (χ1v) is 8.20. The highest BCUT2D eigenvalue weighted by Gasteiger charge is 2.20. The number of hydrogen-bond acceptors (Lipinski definition) is 3. The fraction of sp³-hybridized carbons (Fsp3) is 0.333. The second-order valence-electron chi connectivity index (χ2n) is 4.92. The number of nitrogens with one attached hydrogen (secondary N) is 1. The van der Waals surface area contributed by atoms with Crippen LogP contribution in [0.5, 0.6) is 5.75 Å². The van der Waals surface area contributed by atoms with Gasteiger partial charge >= 0.3 is 0 Å². The summed E-state index contributed by atoms with van der Waals surface area (Å²) < 4.78 is 19.5. The molecular formula is C15H15BrFNOS. The molecular weight excluding hydrogens is 341 g/mol. The summed E-state index contributed by atoms with van der Waals surface area (Å²) in [5.74, 6) is 0.248. The summed E-state index contributed by atoms with van der Waals surface area (Å²) in [7, 11) is 0. The molecule has 1 N–H and O–H groups in total. The Bertz CT molecular complexity index is 577. The Kier molecular flexibility index (Phi) is 4.38. The van der Waals surface area contributed by atoms with Crippen LogP contribution in [0.15, 0.2) is 34.8 Å². The fourth-order valence-corrected chi connectivity index (χ4v) is 3.22. The maximum atomic E-state index is 13.2. The van der Waals surface area contributed by atoms with Crippen molar-refractivity contribution >= 4 is 27.3 Å². The summed E-state index contributed by atoms with van der Waals surface area (Å²) in [6.07, 6.45) is 2.60. The molecule has 1 heterocycles. The minimum absolute atomic E-state index is 0.296. The summed E-state index contributed by atoms with van der Waals surface area (Å²) in [5.41, 5.74) is 0. The summed E-state index contributed by atoms with van der Waals surface area (Å²) in [6, 6.07) is 9.50. The van der Waals surface area contributed by atoms with Gasteiger partial charge in [0.05, 0.1) is 0 Å². The summed E-state index contributed by atoms with van der Waals surface area (Å²) in [4.78, 5) is 2.47. The zero-order valence-corrected chi connectivity index (χ0v) is 13.3. The molecule has 1 aliphatic rings. The van der Waals surface area contributed by atoms with Crippen LogP contribution in [-0.2, 0) is 13.2 Å². The van der Waals surface area contributed by atoms with Gasteiger partial charge in [-0.25, -0.2) is 4.39 Å². The van der Waals surface area contributed by atoms with Crippen LogP contribution in [-0.4, -0.2) is 6.04 Å². The molecule has 1 aromatic heterocycles. The predicted octanol–water partition coefficient (Wildman–Crippen LogP) is 4.48. The van der Waals surface area contributed by atoms with Crippen molar-refractivity contribution in [1.82, 2.24) is 5.32 Å². The molecule has 5 heteroatoms. The maximum Gasteiger partial charge on any atom is 0.128 e. The molecule has 0 amide bonds. The van der Waals surface area contributed by atoms with Gasteiger partial charge in [-0.3, -0.25) is 0 Å². The first-order valence-electron chi connectivity index (χ1n) is 6.59. The van der Waals surface area contributed by atoms with Crippen LogP contribution in [0.4, 0.5) is 4.39 Å². The van der Waals surface area contributed by atoms with Crippen molar-refractivity contribution in [3.8, 4) is 5.75 Å². The van der Waals surface area contributed by atoms with E-state index < -0.39 is 0 Å². The third-order valence-electron chi connectivity index (χ3n) is 3.08. The molecule has 0 spiro atoms. The quantitative estimate of drug-likeness (QED) is 0.824. The van der Waals surface area contributed by atoms with Crippen molar-refractivity contribution in [2.75, 3.05) is 0 Å². The van der Waals surface area contributed by atoms with E-state index in [0.29, 0.717) is 16.8 Å². The minimum atomic E-state index is -0.296.